The Balaban J connectivity index is 2.17. The van der Waals surface area contributed by atoms with Gasteiger partial charge in [-0.2, -0.15) is 0 Å². The van der Waals surface area contributed by atoms with Gasteiger partial charge < -0.3 is 5.73 Å². The summed E-state index contributed by atoms with van der Waals surface area (Å²) in [6, 6.07) is 11.1. The van der Waals surface area contributed by atoms with Crippen LogP contribution >= 0.6 is 15.9 Å². The van der Waals surface area contributed by atoms with Crippen molar-refractivity contribution in [2.24, 2.45) is 0 Å². The summed E-state index contributed by atoms with van der Waals surface area (Å²) in [5, 5.41) is 10.6. The molecule has 1 unspecified atom stereocenters. The number of nitro benzene ring substituents is 1. The lowest BCUT2D eigenvalue weighted by Gasteiger charge is -2.06. The van der Waals surface area contributed by atoms with Crippen molar-refractivity contribution in [3.05, 3.63) is 62.6 Å². The van der Waals surface area contributed by atoms with E-state index < -0.39 is 15.7 Å². The van der Waals surface area contributed by atoms with Crippen LogP contribution in [0.25, 0.3) is 0 Å². The number of hydrogen-bond acceptors (Lipinski definition) is 4. The average molecular weight is 355 g/mol. The number of benzene rings is 2. The first-order valence-corrected chi connectivity index (χ1v) is 7.75. The van der Waals surface area contributed by atoms with E-state index in [9.17, 15) is 14.3 Å². The van der Waals surface area contributed by atoms with E-state index in [0.717, 1.165) is 5.56 Å². The van der Waals surface area contributed by atoms with Crippen molar-refractivity contribution in [3.8, 4) is 0 Å². The summed E-state index contributed by atoms with van der Waals surface area (Å²) in [6.07, 6.45) is 0. The first kappa shape index (κ1) is 14.7. The molecule has 0 aliphatic rings. The number of nitro groups is 1. The van der Waals surface area contributed by atoms with Gasteiger partial charge in [0.15, 0.2) is 0 Å². The van der Waals surface area contributed by atoms with Crippen LogP contribution in [-0.4, -0.2) is 9.13 Å². The minimum Gasteiger partial charge on any atom is -0.399 e. The fraction of sp³-hybridized carbons (Fsp3) is 0.0769. The van der Waals surface area contributed by atoms with Crippen LogP contribution in [0, 0.1) is 10.1 Å². The quantitative estimate of drug-likeness (QED) is 0.518. The Morgan fingerprint density at radius 1 is 1.20 bits per heavy atom. The molecule has 20 heavy (non-hydrogen) atoms. The number of hydrogen-bond donors (Lipinski definition) is 1. The van der Waals surface area contributed by atoms with E-state index in [4.69, 9.17) is 5.73 Å². The molecule has 1 atom stereocenters. The highest BCUT2D eigenvalue weighted by Crippen LogP contribution is 2.25. The van der Waals surface area contributed by atoms with Crippen molar-refractivity contribution >= 4 is 38.1 Å². The predicted octanol–water partition coefficient (Wildman–Crippen LogP) is 3.25. The normalized spacial score (nSPS) is 12.1. The fourth-order valence-electron chi connectivity index (χ4n) is 1.64. The molecule has 2 aromatic carbocycles. The molecule has 0 amide bonds. The number of rotatable bonds is 4. The number of nitrogens with zero attached hydrogens (tertiary/aromatic N) is 1. The Kier molecular flexibility index (Phi) is 4.51. The average Bonchev–Trinajstić information content (AvgIpc) is 2.39. The summed E-state index contributed by atoms with van der Waals surface area (Å²) < 4.78 is 13.0. The van der Waals surface area contributed by atoms with Gasteiger partial charge in [0.25, 0.3) is 5.69 Å². The molecule has 0 saturated heterocycles. The minimum atomic E-state index is -1.24. The lowest BCUT2D eigenvalue weighted by molar-refractivity contribution is -0.384. The van der Waals surface area contributed by atoms with Gasteiger partial charge in [-0.25, -0.2) is 0 Å². The molecule has 0 fully saturated rings. The van der Waals surface area contributed by atoms with Gasteiger partial charge in [-0.15, -0.1) is 0 Å². The van der Waals surface area contributed by atoms with Gasteiger partial charge in [0.05, 0.1) is 26.4 Å². The third kappa shape index (κ3) is 3.43. The number of nitrogens with two attached hydrogens (primary N) is 1. The summed E-state index contributed by atoms with van der Waals surface area (Å²) in [4.78, 5) is 10.7. The number of non-ortho nitro benzene ring substituents is 1. The maximum atomic E-state index is 12.3. The van der Waals surface area contributed by atoms with Gasteiger partial charge in [0.1, 0.15) is 0 Å². The van der Waals surface area contributed by atoms with Crippen molar-refractivity contribution in [2.75, 3.05) is 5.73 Å². The molecule has 0 saturated carbocycles. The lowest BCUT2D eigenvalue weighted by Crippen LogP contribution is -1.99. The maximum absolute atomic E-state index is 12.3. The van der Waals surface area contributed by atoms with Crippen LogP contribution in [-0.2, 0) is 16.6 Å². The Labute approximate surface area is 126 Å². The highest BCUT2D eigenvalue weighted by atomic mass is 79.9. The molecule has 2 aromatic rings. The molecule has 0 heterocycles. The second-order valence-corrected chi connectivity index (χ2v) is 6.38. The van der Waals surface area contributed by atoms with Crippen LogP contribution in [0.15, 0.2) is 51.8 Å². The molecule has 0 spiro atoms. The molecule has 0 aromatic heterocycles. The summed E-state index contributed by atoms with van der Waals surface area (Å²) >= 11 is 3.33. The van der Waals surface area contributed by atoms with E-state index in [0.29, 0.717) is 20.8 Å². The SMILES string of the molecule is Nc1ccc(S(=O)Cc2ccc([N+](=O)[O-])cc2)c(Br)c1. The van der Waals surface area contributed by atoms with E-state index in [1.165, 1.54) is 12.1 Å². The fourth-order valence-corrected chi connectivity index (χ4v) is 3.73. The van der Waals surface area contributed by atoms with Gasteiger partial charge in [-0.3, -0.25) is 14.3 Å². The molecule has 5 nitrogen and oxygen atoms in total. The van der Waals surface area contributed by atoms with Crippen LogP contribution < -0.4 is 5.73 Å². The molecular weight excluding hydrogens is 344 g/mol. The first-order valence-electron chi connectivity index (χ1n) is 5.64. The maximum Gasteiger partial charge on any atom is 0.269 e. The molecule has 0 aliphatic carbocycles. The predicted molar refractivity (Wildman–Crippen MR) is 81.8 cm³/mol. The standard InChI is InChI=1S/C13H11BrN2O3S/c14-12-7-10(15)3-6-13(12)20(19)8-9-1-4-11(5-2-9)16(17)18/h1-7H,8,15H2. The van der Waals surface area contributed by atoms with Crippen molar-refractivity contribution in [1.29, 1.82) is 0 Å². The first-order chi connectivity index (χ1) is 9.47. The summed E-state index contributed by atoms with van der Waals surface area (Å²) in [6.45, 7) is 0. The van der Waals surface area contributed by atoms with E-state index in [1.807, 2.05) is 0 Å². The molecule has 2 N–H and O–H groups in total. The smallest absolute Gasteiger partial charge is 0.269 e. The Hall–Kier alpha value is -1.73. The Morgan fingerprint density at radius 3 is 2.40 bits per heavy atom. The number of anilines is 1. The van der Waals surface area contributed by atoms with Crippen LogP contribution in [0.5, 0.6) is 0 Å². The molecule has 0 bridgehead atoms. The van der Waals surface area contributed by atoms with Gasteiger partial charge in [-0.1, -0.05) is 12.1 Å². The van der Waals surface area contributed by atoms with Gasteiger partial charge >= 0.3 is 0 Å². The third-order valence-corrected chi connectivity index (χ3v) is 5.01. The van der Waals surface area contributed by atoms with Crippen molar-refractivity contribution in [2.45, 2.75) is 10.6 Å². The highest BCUT2D eigenvalue weighted by Gasteiger charge is 2.11. The van der Waals surface area contributed by atoms with E-state index in [1.54, 1.807) is 30.3 Å². The van der Waals surface area contributed by atoms with Gasteiger partial charge in [-0.05, 0) is 39.7 Å². The molecule has 2 rings (SSSR count). The third-order valence-electron chi connectivity index (χ3n) is 2.65. The molecular formula is C13H11BrN2O3S. The van der Waals surface area contributed by atoms with E-state index >= 15 is 0 Å². The summed E-state index contributed by atoms with van der Waals surface area (Å²) in [5.41, 5.74) is 7.02. The Morgan fingerprint density at radius 2 is 1.85 bits per heavy atom. The van der Waals surface area contributed by atoms with Gasteiger partial charge in [0, 0.05) is 22.3 Å². The second kappa shape index (κ2) is 6.15. The second-order valence-electron chi connectivity index (χ2n) is 4.10. The van der Waals surface area contributed by atoms with Crippen molar-refractivity contribution in [3.63, 3.8) is 0 Å². The van der Waals surface area contributed by atoms with Crippen molar-refractivity contribution in [1.82, 2.24) is 0 Å². The van der Waals surface area contributed by atoms with Crippen LogP contribution in [0.4, 0.5) is 11.4 Å². The molecule has 7 heteroatoms. The molecule has 104 valence electrons. The van der Waals surface area contributed by atoms with E-state index in [2.05, 4.69) is 15.9 Å². The van der Waals surface area contributed by atoms with Crippen LogP contribution in [0.2, 0.25) is 0 Å². The number of halogens is 1. The molecule has 0 aliphatic heterocycles. The zero-order valence-corrected chi connectivity index (χ0v) is 12.7. The van der Waals surface area contributed by atoms with Crippen LogP contribution in [0.1, 0.15) is 5.56 Å². The lowest BCUT2D eigenvalue weighted by atomic mass is 10.2. The summed E-state index contributed by atoms with van der Waals surface area (Å²) in [7, 11) is -1.24. The number of nitrogen functional groups attached to an aromatic ring is 1. The topological polar surface area (TPSA) is 86.2 Å². The van der Waals surface area contributed by atoms with E-state index in [-0.39, 0.29) is 5.69 Å². The zero-order chi connectivity index (χ0) is 14.7. The zero-order valence-electron chi connectivity index (χ0n) is 10.3. The highest BCUT2D eigenvalue weighted by molar-refractivity contribution is 9.10. The van der Waals surface area contributed by atoms with Gasteiger partial charge in [0.2, 0.25) is 0 Å². The minimum absolute atomic E-state index is 0.0215. The molecule has 0 radical (unpaired) electrons. The van der Waals surface area contributed by atoms with Crippen LogP contribution in [0.3, 0.4) is 0 Å². The summed E-state index contributed by atoms with van der Waals surface area (Å²) in [5.74, 6) is 0.292. The largest absolute Gasteiger partial charge is 0.399 e. The Bertz CT molecular complexity index is 674. The monoisotopic (exact) mass is 354 g/mol. The van der Waals surface area contributed by atoms with Crippen molar-refractivity contribution < 1.29 is 9.13 Å².